The Kier molecular flexibility index (Phi) is 6.28. The third kappa shape index (κ3) is 4.62. The van der Waals surface area contributed by atoms with Crippen LogP contribution in [0.5, 0.6) is 5.75 Å². The van der Waals surface area contributed by atoms with E-state index in [0.29, 0.717) is 22.3 Å². The van der Waals surface area contributed by atoms with Gasteiger partial charge in [0.1, 0.15) is 0 Å². The molecular formula is C17H14Cl2N2O2. The molecule has 4 nitrogen and oxygen atoms in total. The SMILES string of the molecule is N#CCCN(C(=O)COc1c(Cl)cccc1Cl)c1ccccc1. The van der Waals surface area contributed by atoms with Crippen LogP contribution in [-0.4, -0.2) is 19.1 Å². The highest BCUT2D eigenvalue weighted by molar-refractivity contribution is 6.37. The van der Waals surface area contributed by atoms with Gasteiger partial charge in [-0.3, -0.25) is 4.79 Å². The van der Waals surface area contributed by atoms with Crippen LogP contribution in [0.1, 0.15) is 6.42 Å². The van der Waals surface area contributed by atoms with E-state index in [2.05, 4.69) is 0 Å². The summed E-state index contributed by atoms with van der Waals surface area (Å²) >= 11 is 12.0. The summed E-state index contributed by atoms with van der Waals surface area (Å²) < 4.78 is 5.47. The van der Waals surface area contributed by atoms with Gasteiger partial charge in [-0.05, 0) is 24.3 Å². The van der Waals surface area contributed by atoms with Gasteiger partial charge in [0, 0.05) is 12.2 Å². The van der Waals surface area contributed by atoms with Crippen LogP contribution in [0.15, 0.2) is 48.5 Å². The number of amides is 1. The molecule has 0 radical (unpaired) electrons. The maximum Gasteiger partial charge on any atom is 0.264 e. The van der Waals surface area contributed by atoms with E-state index in [1.54, 1.807) is 30.3 Å². The molecule has 0 N–H and O–H groups in total. The second kappa shape index (κ2) is 8.42. The number of halogens is 2. The highest BCUT2D eigenvalue weighted by Gasteiger charge is 2.17. The van der Waals surface area contributed by atoms with Crippen molar-refractivity contribution in [3.63, 3.8) is 0 Å². The number of benzene rings is 2. The third-order valence-corrected chi connectivity index (χ3v) is 3.67. The molecule has 23 heavy (non-hydrogen) atoms. The molecule has 0 heterocycles. The lowest BCUT2D eigenvalue weighted by atomic mass is 10.2. The topological polar surface area (TPSA) is 53.3 Å². The lowest BCUT2D eigenvalue weighted by molar-refractivity contribution is -0.120. The molecule has 0 fully saturated rings. The summed E-state index contributed by atoms with van der Waals surface area (Å²) in [5, 5.41) is 9.45. The molecule has 2 rings (SSSR count). The van der Waals surface area contributed by atoms with Crippen molar-refractivity contribution >= 4 is 34.8 Å². The summed E-state index contributed by atoms with van der Waals surface area (Å²) in [4.78, 5) is 14.0. The molecule has 0 aliphatic carbocycles. The molecule has 2 aromatic carbocycles. The normalized spacial score (nSPS) is 9.96. The first kappa shape index (κ1) is 17.1. The Morgan fingerprint density at radius 2 is 1.74 bits per heavy atom. The largest absolute Gasteiger partial charge is 0.481 e. The monoisotopic (exact) mass is 348 g/mol. The average Bonchev–Trinajstić information content (AvgIpc) is 2.56. The molecule has 0 unspecified atom stereocenters. The third-order valence-electron chi connectivity index (χ3n) is 3.08. The molecule has 0 aliphatic heterocycles. The minimum atomic E-state index is -0.276. The number of anilines is 1. The van der Waals surface area contributed by atoms with Gasteiger partial charge in [-0.15, -0.1) is 0 Å². The first-order chi connectivity index (χ1) is 11.1. The van der Waals surface area contributed by atoms with Crippen LogP contribution in [0.3, 0.4) is 0 Å². The van der Waals surface area contributed by atoms with E-state index in [-0.39, 0.29) is 24.7 Å². The number of nitrogens with zero attached hydrogens (tertiary/aromatic N) is 2. The van der Waals surface area contributed by atoms with Crippen molar-refractivity contribution in [3.05, 3.63) is 58.6 Å². The Hall–Kier alpha value is -2.22. The van der Waals surface area contributed by atoms with Crippen molar-refractivity contribution < 1.29 is 9.53 Å². The summed E-state index contributed by atoms with van der Waals surface area (Å²) in [7, 11) is 0. The molecule has 0 spiro atoms. The van der Waals surface area contributed by atoms with Gasteiger partial charge in [0.2, 0.25) is 0 Å². The fourth-order valence-electron chi connectivity index (χ4n) is 2.00. The predicted molar refractivity (Wildman–Crippen MR) is 91.0 cm³/mol. The first-order valence-electron chi connectivity index (χ1n) is 6.92. The predicted octanol–water partition coefficient (Wildman–Crippen LogP) is 4.32. The van der Waals surface area contributed by atoms with Crippen LogP contribution in [-0.2, 0) is 4.79 Å². The van der Waals surface area contributed by atoms with Crippen molar-refractivity contribution in [1.82, 2.24) is 0 Å². The summed E-state index contributed by atoms with van der Waals surface area (Å²) in [6.45, 7) is 0.0722. The highest BCUT2D eigenvalue weighted by atomic mass is 35.5. The Bertz CT molecular complexity index is 694. The molecule has 6 heteroatoms. The molecule has 1 amide bonds. The van der Waals surface area contributed by atoms with Gasteiger partial charge in [-0.1, -0.05) is 47.5 Å². The number of hydrogen-bond donors (Lipinski definition) is 0. The molecule has 0 atom stereocenters. The molecule has 2 aromatic rings. The van der Waals surface area contributed by atoms with Crippen molar-refractivity contribution in [3.8, 4) is 11.8 Å². The zero-order chi connectivity index (χ0) is 16.7. The van der Waals surface area contributed by atoms with Gasteiger partial charge < -0.3 is 9.64 Å². The number of ether oxygens (including phenoxy) is 1. The maximum absolute atomic E-state index is 12.5. The van der Waals surface area contributed by atoms with Crippen molar-refractivity contribution in [2.45, 2.75) is 6.42 Å². The Labute approximate surface area is 144 Å². The molecule has 0 aliphatic rings. The lowest BCUT2D eigenvalue weighted by Gasteiger charge is -2.22. The number of carbonyl (C=O) groups excluding carboxylic acids is 1. The molecular weight excluding hydrogens is 335 g/mol. The smallest absolute Gasteiger partial charge is 0.264 e. The number of carbonyl (C=O) groups is 1. The highest BCUT2D eigenvalue weighted by Crippen LogP contribution is 2.32. The number of rotatable bonds is 6. The van der Waals surface area contributed by atoms with Gasteiger partial charge >= 0.3 is 0 Å². The second-order valence-electron chi connectivity index (χ2n) is 4.63. The Morgan fingerprint density at radius 3 is 2.35 bits per heavy atom. The summed E-state index contributed by atoms with van der Waals surface area (Å²) in [5.41, 5.74) is 0.710. The van der Waals surface area contributed by atoms with E-state index in [4.69, 9.17) is 33.2 Å². The Morgan fingerprint density at radius 1 is 1.09 bits per heavy atom. The van der Waals surface area contributed by atoms with Crippen LogP contribution in [0.2, 0.25) is 10.0 Å². The lowest BCUT2D eigenvalue weighted by Crippen LogP contribution is -2.35. The quantitative estimate of drug-likeness (QED) is 0.780. The van der Waals surface area contributed by atoms with E-state index >= 15 is 0 Å². The number of para-hydroxylation sites is 2. The Balaban J connectivity index is 2.11. The van der Waals surface area contributed by atoms with E-state index in [0.717, 1.165) is 0 Å². The van der Waals surface area contributed by atoms with Crippen LogP contribution in [0.25, 0.3) is 0 Å². The van der Waals surface area contributed by atoms with E-state index in [1.165, 1.54) is 4.90 Å². The van der Waals surface area contributed by atoms with Crippen molar-refractivity contribution in [1.29, 1.82) is 5.26 Å². The molecule has 0 saturated heterocycles. The van der Waals surface area contributed by atoms with Gasteiger partial charge in [0.25, 0.3) is 5.91 Å². The minimum Gasteiger partial charge on any atom is -0.481 e. The standard InChI is InChI=1S/C17H14Cl2N2O2/c18-14-8-4-9-15(19)17(14)23-12-16(22)21(11-5-10-20)13-6-2-1-3-7-13/h1-4,6-9H,5,11-12H2. The fourth-order valence-corrected chi connectivity index (χ4v) is 2.51. The number of hydrogen-bond acceptors (Lipinski definition) is 3. The second-order valence-corrected chi connectivity index (χ2v) is 5.44. The van der Waals surface area contributed by atoms with Crippen LogP contribution < -0.4 is 9.64 Å². The zero-order valence-electron chi connectivity index (χ0n) is 12.2. The first-order valence-corrected chi connectivity index (χ1v) is 7.68. The van der Waals surface area contributed by atoms with Crippen molar-refractivity contribution in [2.75, 3.05) is 18.1 Å². The molecule has 0 saturated carbocycles. The summed E-state index contributed by atoms with van der Waals surface area (Å²) in [6, 6.07) is 16.1. The maximum atomic E-state index is 12.5. The minimum absolute atomic E-state index is 0.218. The molecule has 0 aromatic heterocycles. The van der Waals surface area contributed by atoms with Gasteiger partial charge in [0.15, 0.2) is 12.4 Å². The molecule has 0 bridgehead atoms. The van der Waals surface area contributed by atoms with E-state index in [9.17, 15) is 4.79 Å². The van der Waals surface area contributed by atoms with Crippen LogP contribution >= 0.6 is 23.2 Å². The zero-order valence-corrected chi connectivity index (χ0v) is 13.7. The number of nitriles is 1. The van der Waals surface area contributed by atoms with Crippen LogP contribution in [0.4, 0.5) is 5.69 Å². The van der Waals surface area contributed by atoms with Gasteiger partial charge in [-0.2, -0.15) is 5.26 Å². The molecule has 118 valence electrons. The van der Waals surface area contributed by atoms with Gasteiger partial charge in [-0.25, -0.2) is 0 Å². The summed E-state index contributed by atoms with van der Waals surface area (Å²) in [5.74, 6) is -0.0000791. The van der Waals surface area contributed by atoms with E-state index in [1.807, 2.05) is 24.3 Å². The van der Waals surface area contributed by atoms with E-state index < -0.39 is 0 Å². The summed E-state index contributed by atoms with van der Waals surface area (Å²) in [6.07, 6.45) is 0.230. The fraction of sp³-hybridized carbons (Fsp3) is 0.176. The van der Waals surface area contributed by atoms with Crippen LogP contribution in [0, 0.1) is 11.3 Å². The van der Waals surface area contributed by atoms with Gasteiger partial charge in [0.05, 0.1) is 22.5 Å². The van der Waals surface area contributed by atoms with Crippen molar-refractivity contribution in [2.24, 2.45) is 0 Å². The average molecular weight is 349 g/mol.